The van der Waals surface area contributed by atoms with E-state index in [9.17, 15) is 0 Å². The van der Waals surface area contributed by atoms with Crippen LogP contribution in [0.25, 0.3) is 0 Å². The zero-order chi connectivity index (χ0) is 7.57. The Kier molecular flexibility index (Phi) is 2.11. The average molecular weight is 155 g/mol. The summed E-state index contributed by atoms with van der Waals surface area (Å²) in [5.74, 6) is 0. The maximum Gasteiger partial charge on any atom is 0.0432 e. The topological polar surface area (TPSA) is 36.1 Å². The van der Waals surface area contributed by atoms with Crippen LogP contribution in [-0.2, 0) is 0 Å². The van der Waals surface area contributed by atoms with Gasteiger partial charge in [0.25, 0.3) is 0 Å². The molecule has 0 aliphatic carbocycles. The van der Waals surface area contributed by atoms with Crippen LogP contribution >= 0.6 is 0 Å². The summed E-state index contributed by atoms with van der Waals surface area (Å²) in [5.41, 5.74) is 0.385. The van der Waals surface area contributed by atoms with Crippen molar-refractivity contribution in [1.29, 1.82) is 0 Å². The first-order valence-corrected chi connectivity index (χ1v) is 4.58. The fourth-order valence-electron chi connectivity index (χ4n) is 2.07. The lowest BCUT2D eigenvalue weighted by Gasteiger charge is -2.27. The zero-order valence-corrected chi connectivity index (χ0v) is 6.95. The van der Waals surface area contributed by atoms with Gasteiger partial charge in [-0.25, -0.2) is 0 Å². The van der Waals surface area contributed by atoms with Gasteiger partial charge in [0.05, 0.1) is 0 Å². The summed E-state index contributed by atoms with van der Waals surface area (Å²) in [4.78, 5) is 0. The molecule has 11 heavy (non-hydrogen) atoms. The summed E-state index contributed by atoms with van der Waals surface area (Å²) >= 11 is 0. The predicted octanol–water partition coefficient (Wildman–Crippen LogP) is -0.699. The Morgan fingerprint density at radius 3 is 2.18 bits per heavy atom. The van der Waals surface area contributed by atoms with Crippen molar-refractivity contribution in [2.75, 3.05) is 32.7 Å². The Hall–Kier alpha value is -0.120. The molecule has 0 radical (unpaired) electrons. The van der Waals surface area contributed by atoms with Crippen LogP contribution in [0.1, 0.15) is 12.8 Å². The number of rotatable bonds is 0. The third kappa shape index (κ3) is 1.55. The van der Waals surface area contributed by atoms with Gasteiger partial charge in [-0.3, -0.25) is 0 Å². The van der Waals surface area contributed by atoms with E-state index in [4.69, 9.17) is 0 Å². The van der Waals surface area contributed by atoms with Crippen LogP contribution < -0.4 is 16.0 Å². The molecule has 2 aliphatic rings. The molecular weight excluding hydrogens is 138 g/mol. The molecule has 0 saturated carbocycles. The Morgan fingerprint density at radius 2 is 1.64 bits per heavy atom. The molecule has 3 heteroatoms. The van der Waals surface area contributed by atoms with Crippen molar-refractivity contribution < 1.29 is 0 Å². The van der Waals surface area contributed by atoms with E-state index < -0.39 is 0 Å². The molecule has 2 aliphatic heterocycles. The van der Waals surface area contributed by atoms with Gasteiger partial charge in [0.2, 0.25) is 0 Å². The largest absolute Gasteiger partial charge is 0.314 e. The highest BCUT2D eigenvalue weighted by atomic mass is 15.1. The van der Waals surface area contributed by atoms with Crippen LogP contribution in [0.5, 0.6) is 0 Å². The fourth-order valence-corrected chi connectivity index (χ4v) is 2.07. The van der Waals surface area contributed by atoms with E-state index in [0.29, 0.717) is 5.54 Å². The van der Waals surface area contributed by atoms with Crippen LogP contribution in [0.4, 0.5) is 0 Å². The van der Waals surface area contributed by atoms with E-state index in [2.05, 4.69) is 16.0 Å². The van der Waals surface area contributed by atoms with E-state index in [-0.39, 0.29) is 0 Å². The van der Waals surface area contributed by atoms with Crippen molar-refractivity contribution >= 4 is 0 Å². The lowest BCUT2D eigenvalue weighted by Crippen LogP contribution is -2.52. The van der Waals surface area contributed by atoms with Crippen molar-refractivity contribution in [2.45, 2.75) is 18.4 Å². The summed E-state index contributed by atoms with van der Waals surface area (Å²) in [6.45, 7) is 5.70. The fraction of sp³-hybridized carbons (Fsp3) is 1.00. The molecule has 64 valence electrons. The quantitative estimate of drug-likeness (QED) is 0.433. The van der Waals surface area contributed by atoms with E-state index >= 15 is 0 Å². The minimum atomic E-state index is 0.385. The van der Waals surface area contributed by atoms with Gasteiger partial charge in [-0.1, -0.05) is 0 Å². The van der Waals surface area contributed by atoms with Crippen LogP contribution in [0, 0.1) is 0 Å². The van der Waals surface area contributed by atoms with Gasteiger partial charge in [-0.05, 0) is 19.4 Å². The summed E-state index contributed by atoms with van der Waals surface area (Å²) in [7, 11) is 0. The van der Waals surface area contributed by atoms with Crippen LogP contribution in [-0.4, -0.2) is 38.3 Å². The molecule has 0 atom stereocenters. The minimum Gasteiger partial charge on any atom is -0.314 e. The van der Waals surface area contributed by atoms with Gasteiger partial charge in [0.15, 0.2) is 0 Å². The third-order valence-corrected chi connectivity index (χ3v) is 2.74. The van der Waals surface area contributed by atoms with Gasteiger partial charge in [-0.2, -0.15) is 0 Å². The SMILES string of the molecule is C1CNC2(C1)CNCCNC2. The van der Waals surface area contributed by atoms with Crippen LogP contribution in [0.2, 0.25) is 0 Å². The second-order valence-corrected chi connectivity index (χ2v) is 3.66. The summed E-state index contributed by atoms with van der Waals surface area (Å²) in [6.07, 6.45) is 2.66. The first-order valence-electron chi connectivity index (χ1n) is 4.58. The second kappa shape index (κ2) is 3.09. The third-order valence-electron chi connectivity index (χ3n) is 2.74. The van der Waals surface area contributed by atoms with E-state index in [0.717, 1.165) is 26.2 Å². The highest BCUT2D eigenvalue weighted by Gasteiger charge is 2.33. The number of nitrogens with one attached hydrogen (secondary N) is 3. The molecule has 0 bridgehead atoms. The molecule has 3 nitrogen and oxygen atoms in total. The standard InChI is InChI=1S/C8H17N3/c1-2-8(11-3-1)6-9-4-5-10-7-8/h9-11H,1-7H2. The summed E-state index contributed by atoms with van der Waals surface area (Å²) in [5, 5.41) is 10.5. The molecule has 0 unspecified atom stereocenters. The van der Waals surface area contributed by atoms with E-state index in [1.807, 2.05) is 0 Å². The molecule has 2 rings (SSSR count). The maximum absolute atomic E-state index is 3.59. The minimum absolute atomic E-state index is 0.385. The van der Waals surface area contributed by atoms with Crippen molar-refractivity contribution in [3.05, 3.63) is 0 Å². The van der Waals surface area contributed by atoms with Crippen molar-refractivity contribution in [2.24, 2.45) is 0 Å². The van der Waals surface area contributed by atoms with Crippen molar-refractivity contribution in [3.63, 3.8) is 0 Å². The summed E-state index contributed by atoms with van der Waals surface area (Å²) < 4.78 is 0. The van der Waals surface area contributed by atoms with Crippen molar-refractivity contribution in [1.82, 2.24) is 16.0 Å². The second-order valence-electron chi connectivity index (χ2n) is 3.66. The van der Waals surface area contributed by atoms with Gasteiger partial charge in [0, 0.05) is 31.7 Å². The van der Waals surface area contributed by atoms with E-state index in [1.54, 1.807) is 0 Å². The average Bonchev–Trinajstić information content (AvgIpc) is 2.32. The normalized spacial score (nSPS) is 30.5. The maximum atomic E-state index is 3.59. The van der Waals surface area contributed by atoms with Gasteiger partial charge >= 0.3 is 0 Å². The molecule has 2 fully saturated rings. The Balaban J connectivity index is 1.97. The predicted molar refractivity (Wildman–Crippen MR) is 45.7 cm³/mol. The highest BCUT2D eigenvalue weighted by molar-refractivity contribution is 4.97. The first kappa shape index (κ1) is 7.53. The molecule has 2 saturated heterocycles. The Bertz CT molecular complexity index is 119. The molecular formula is C8H17N3. The van der Waals surface area contributed by atoms with Gasteiger partial charge in [0.1, 0.15) is 0 Å². The molecule has 1 spiro atoms. The molecule has 0 aromatic heterocycles. The Labute approximate surface area is 67.9 Å². The number of hydrogen-bond donors (Lipinski definition) is 3. The van der Waals surface area contributed by atoms with Gasteiger partial charge < -0.3 is 16.0 Å². The highest BCUT2D eigenvalue weighted by Crippen LogP contribution is 2.17. The van der Waals surface area contributed by atoms with Crippen molar-refractivity contribution in [3.8, 4) is 0 Å². The summed E-state index contributed by atoms with van der Waals surface area (Å²) in [6, 6.07) is 0. The van der Waals surface area contributed by atoms with E-state index in [1.165, 1.54) is 19.4 Å². The molecule has 2 heterocycles. The van der Waals surface area contributed by atoms with Crippen LogP contribution in [0.3, 0.4) is 0 Å². The monoisotopic (exact) mass is 155 g/mol. The molecule has 0 aromatic rings. The smallest absolute Gasteiger partial charge is 0.0432 e. The molecule has 3 N–H and O–H groups in total. The lowest BCUT2D eigenvalue weighted by molar-refractivity contribution is 0.365. The molecule has 0 amide bonds. The molecule has 0 aromatic carbocycles. The number of hydrogen-bond acceptors (Lipinski definition) is 3. The lowest BCUT2D eigenvalue weighted by atomic mass is 9.98. The Morgan fingerprint density at radius 1 is 0.909 bits per heavy atom. The van der Waals surface area contributed by atoms with Gasteiger partial charge in [-0.15, -0.1) is 0 Å². The zero-order valence-electron chi connectivity index (χ0n) is 6.95. The first-order chi connectivity index (χ1) is 5.41. The van der Waals surface area contributed by atoms with Crippen LogP contribution in [0.15, 0.2) is 0 Å².